The Kier molecular flexibility index (Phi) is 2.47. The number of nitrogens with zero attached hydrogens (tertiary/aromatic N) is 2. The number of aromatic nitrogens is 2. The molecule has 0 aliphatic carbocycles. The summed E-state index contributed by atoms with van der Waals surface area (Å²) in [5, 5.41) is 2.74. The average Bonchev–Trinajstić information content (AvgIpc) is 2.91. The number of rotatable bonds is 1. The summed E-state index contributed by atoms with van der Waals surface area (Å²) in [6.07, 6.45) is 3.39. The van der Waals surface area contributed by atoms with Crippen LogP contribution in [-0.4, -0.2) is 9.97 Å². The molecule has 2 aromatic heterocycles. The monoisotopic (exact) mass is 280 g/mol. The Balaban J connectivity index is 2.04. The first-order chi connectivity index (χ1) is 9.83. The summed E-state index contributed by atoms with van der Waals surface area (Å²) >= 11 is 6.23. The van der Waals surface area contributed by atoms with Crippen LogP contribution in [0.1, 0.15) is 0 Å². The summed E-state index contributed by atoms with van der Waals surface area (Å²) in [7, 11) is 0. The molecule has 0 aliphatic rings. The van der Waals surface area contributed by atoms with Crippen LogP contribution < -0.4 is 0 Å². The van der Waals surface area contributed by atoms with E-state index < -0.39 is 0 Å². The minimum absolute atomic E-state index is 0.584. The number of halogens is 1. The molecule has 2 aromatic carbocycles. The third kappa shape index (κ3) is 1.67. The lowest BCUT2D eigenvalue weighted by Gasteiger charge is -2.04. The van der Waals surface area contributed by atoms with Gasteiger partial charge in [-0.25, -0.2) is 4.98 Å². The summed E-state index contributed by atoms with van der Waals surface area (Å²) in [5.41, 5.74) is 2.41. The zero-order chi connectivity index (χ0) is 13.5. The summed E-state index contributed by atoms with van der Waals surface area (Å²) < 4.78 is 5.81. The summed E-state index contributed by atoms with van der Waals surface area (Å²) in [6, 6.07) is 13.6. The van der Waals surface area contributed by atoms with Gasteiger partial charge in [-0.2, -0.15) is 0 Å². The minimum atomic E-state index is 0.584. The van der Waals surface area contributed by atoms with Crippen LogP contribution in [0.2, 0.25) is 5.02 Å². The van der Waals surface area contributed by atoms with E-state index >= 15 is 0 Å². The lowest BCUT2D eigenvalue weighted by molar-refractivity contribution is 0.620. The van der Waals surface area contributed by atoms with Crippen LogP contribution in [0, 0.1) is 0 Å². The smallest absolute Gasteiger partial charge is 0.227 e. The molecule has 96 valence electrons. The highest BCUT2D eigenvalue weighted by Gasteiger charge is 2.12. The van der Waals surface area contributed by atoms with Crippen molar-refractivity contribution < 1.29 is 4.42 Å². The van der Waals surface area contributed by atoms with Crippen LogP contribution in [0.3, 0.4) is 0 Å². The number of fused-ring (bicyclic) bond motifs is 2. The zero-order valence-electron chi connectivity index (χ0n) is 10.4. The maximum absolute atomic E-state index is 6.23. The lowest BCUT2D eigenvalue weighted by atomic mass is 10.0. The molecule has 2 heterocycles. The van der Waals surface area contributed by atoms with Crippen LogP contribution >= 0.6 is 11.6 Å². The second-order valence-corrected chi connectivity index (χ2v) is 4.91. The van der Waals surface area contributed by atoms with E-state index in [9.17, 15) is 0 Å². The van der Waals surface area contributed by atoms with Crippen LogP contribution in [0.4, 0.5) is 0 Å². The molecule has 0 saturated heterocycles. The Morgan fingerprint density at radius 2 is 1.80 bits per heavy atom. The molecule has 0 radical (unpaired) electrons. The fourth-order valence-electron chi connectivity index (χ4n) is 2.35. The molecule has 0 saturated carbocycles. The first-order valence-corrected chi connectivity index (χ1v) is 6.59. The Hall–Kier alpha value is -2.39. The van der Waals surface area contributed by atoms with E-state index in [2.05, 4.69) is 9.97 Å². The Morgan fingerprint density at radius 3 is 2.70 bits per heavy atom. The molecule has 20 heavy (non-hydrogen) atoms. The maximum Gasteiger partial charge on any atom is 0.227 e. The number of hydrogen-bond acceptors (Lipinski definition) is 3. The fourth-order valence-corrected chi connectivity index (χ4v) is 2.59. The molecule has 0 N–H and O–H groups in total. The highest BCUT2D eigenvalue weighted by Crippen LogP contribution is 2.33. The van der Waals surface area contributed by atoms with Crippen LogP contribution in [0.25, 0.3) is 33.3 Å². The van der Waals surface area contributed by atoms with Crippen molar-refractivity contribution in [2.75, 3.05) is 0 Å². The summed E-state index contributed by atoms with van der Waals surface area (Å²) in [4.78, 5) is 8.54. The number of pyridine rings is 1. The van der Waals surface area contributed by atoms with E-state index in [1.165, 1.54) is 0 Å². The van der Waals surface area contributed by atoms with Gasteiger partial charge in [0.1, 0.15) is 5.52 Å². The molecular formula is C16H9ClN2O. The van der Waals surface area contributed by atoms with Gasteiger partial charge in [-0.15, -0.1) is 0 Å². The van der Waals surface area contributed by atoms with Crippen molar-refractivity contribution in [2.24, 2.45) is 0 Å². The van der Waals surface area contributed by atoms with Gasteiger partial charge in [0.05, 0.1) is 6.20 Å². The van der Waals surface area contributed by atoms with Crippen molar-refractivity contribution in [3.8, 4) is 11.5 Å². The van der Waals surface area contributed by atoms with Crippen molar-refractivity contribution in [3.05, 3.63) is 59.9 Å². The predicted octanol–water partition coefficient (Wildman–Crippen LogP) is 4.70. The second-order valence-electron chi connectivity index (χ2n) is 4.50. The van der Waals surface area contributed by atoms with E-state index in [4.69, 9.17) is 16.0 Å². The summed E-state index contributed by atoms with van der Waals surface area (Å²) in [6.45, 7) is 0. The highest BCUT2D eigenvalue weighted by molar-refractivity contribution is 6.35. The number of oxazole rings is 1. The van der Waals surface area contributed by atoms with E-state index in [0.717, 1.165) is 32.5 Å². The normalized spacial score (nSPS) is 11.2. The summed E-state index contributed by atoms with van der Waals surface area (Å²) in [5.74, 6) is 0.584. The largest absolute Gasteiger partial charge is 0.436 e. The molecule has 4 aromatic rings. The van der Waals surface area contributed by atoms with Crippen molar-refractivity contribution in [1.29, 1.82) is 0 Å². The van der Waals surface area contributed by atoms with Gasteiger partial charge in [0, 0.05) is 28.2 Å². The Morgan fingerprint density at radius 1 is 0.950 bits per heavy atom. The van der Waals surface area contributed by atoms with Crippen LogP contribution in [0.5, 0.6) is 0 Å². The van der Waals surface area contributed by atoms with E-state index in [1.54, 1.807) is 12.4 Å². The van der Waals surface area contributed by atoms with Crippen molar-refractivity contribution >= 4 is 33.5 Å². The SMILES string of the molecule is Clc1cccc2c(-c3nc4cnccc4o3)cccc12. The molecule has 0 unspecified atom stereocenters. The van der Waals surface area contributed by atoms with Crippen LogP contribution in [0.15, 0.2) is 59.3 Å². The topological polar surface area (TPSA) is 38.9 Å². The molecule has 3 nitrogen and oxygen atoms in total. The van der Waals surface area contributed by atoms with E-state index in [0.29, 0.717) is 5.89 Å². The predicted molar refractivity (Wildman–Crippen MR) is 79.8 cm³/mol. The molecule has 4 heteroatoms. The Labute approximate surface area is 119 Å². The zero-order valence-corrected chi connectivity index (χ0v) is 11.1. The van der Waals surface area contributed by atoms with Crippen molar-refractivity contribution in [1.82, 2.24) is 9.97 Å². The van der Waals surface area contributed by atoms with Gasteiger partial charge < -0.3 is 4.42 Å². The van der Waals surface area contributed by atoms with Crippen molar-refractivity contribution in [3.63, 3.8) is 0 Å². The number of benzene rings is 2. The van der Waals surface area contributed by atoms with Gasteiger partial charge in [0.15, 0.2) is 5.58 Å². The van der Waals surface area contributed by atoms with Crippen molar-refractivity contribution in [2.45, 2.75) is 0 Å². The third-order valence-corrected chi connectivity index (χ3v) is 3.62. The van der Waals surface area contributed by atoms with Gasteiger partial charge in [-0.05, 0) is 17.5 Å². The van der Waals surface area contributed by atoms with E-state index in [1.807, 2.05) is 42.5 Å². The van der Waals surface area contributed by atoms with Gasteiger partial charge >= 0.3 is 0 Å². The maximum atomic E-state index is 6.23. The minimum Gasteiger partial charge on any atom is -0.436 e. The third-order valence-electron chi connectivity index (χ3n) is 3.29. The molecule has 4 rings (SSSR count). The Bertz CT molecular complexity index is 897. The standard InChI is InChI=1S/C16H9ClN2O/c17-13-6-2-3-10-11(13)4-1-5-12(10)16-19-14-9-18-8-7-15(14)20-16/h1-9H. The van der Waals surface area contributed by atoms with E-state index in [-0.39, 0.29) is 0 Å². The average molecular weight is 281 g/mol. The molecular weight excluding hydrogens is 272 g/mol. The van der Waals surface area contributed by atoms with Crippen LogP contribution in [-0.2, 0) is 0 Å². The first kappa shape index (κ1) is 11.4. The molecule has 0 bridgehead atoms. The molecule has 0 fully saturated rings. The lowest BCUT2D eigenvalue weighted by Crippen LogP contribution is -1.81. The quantitative estimate of drug-likeness (QED) is 0.507. The number of hydrogen-bond donors (Lipinski definition) is 0. The highest BCUT2D eigenvalue weighted by atomic mass is 35.5. The van der Waals surface area contributed by atoms with Gasteiger partial charge in [-0.1, -0.05) is 35.9 Å². The molecule has 0 spiro atoms. The fraction of sp³-hybridized carbons (Fsp3) is 0. The van der Waals surface area contributed by atoms with Gasteiger partial charge in [0.2, 0.25) is 5.89 Å². The van der Waals surface area contributed by atoms with Gasteiger partial charge in [0.25, 0.3) is 0 Å². The molecule has 0 aliphatic heterocycles. The van der Waals surface area contributed by atoms with Gasteiger partial charge in [-0.3, -0.25) is 4.98 Å². The first-order valence-electron chi connectivity index (χ1n) is 6.21. The molecule has 0 amide bonds. The molecule has 0 atom stereocenters. The second kappa shape index (κ2) is 4.32.